The Morgan fingerprint density at radius 3 is 2.04 bits per heavy atom. The highest BCUT2D eigenvalue weighted by molar-refractivity contribution is 6.08. The first kappa shape index (κ1) is 13.1. The predicted octanol–water partition coefficient (Wildman–Crippen LogP) is 2.73. The van der Waals surface area contributed by atoms with Crippen molar-refractivity contribution in [2.24, 2.45) is 11.8 Å². The second-order valence-corrected chi connectivity index (χ2v) is 6.83. The molecule has 0 radical (unpaired) electrons. The summed E-state index contributed by atoms with van der Waals surface area (Å²) in [5.74, 6) is -0.767. The van der Waals surface area contributed by atoms with Gasteiger partial charge in [0.1, 0.15) is 0 Å². The van der Waals surface area contributed by atoms with Crippen molar-refractivity contribution in [2.75, 3.05) is 0 Å². The summed E-state index contributed by atoms with van der Waals surface area (Å²) >= 11 is 0. The molecule has 0 aromatic heterocycles. The minimum Gasteiger partial charge on any atom is -0.296 e. The third-order valence-corrected chi connectivity index (χ3v) is 6.19. The van der Waals surface area contributed by atoms with Gasteiger partial charge in [0.25, 0.3) is 0 Å². The van der Waals surface area contributed by atoms with Crippen molar-refractivity contribution in [2.45, 2.75) is 24.7 Å². The highest BCUT2D eigenvalue weighted by Gasteiger charge is 2.65. The number of carbonyl (C=O) groups is 2. The maximum atomic E-state index is 12.7. The van der Waals surface area contributed by atoms with Gasteiger partial charge in [0.2, 0.25) is 11.8 Å². The average Bonchev–Trinajstić information content (AvgIpc) is 2.90. The molecule has 2 aromatic carbocycles. The molecule has 0 saturated carbocycles. The summed E-state index contributed by atoms with van der Waals surface area (Å²) in [5, 5.41) is 2.61. The molecule has 1 aliphatic heterocycles. The van der Waals surface area contributed by atoms with E-state index in [1.165, 1.54) is 22.3 Å². The van der Waals surface area contributed by atoms with Crippen LogP contribution in [0.1, 0.15) is 41.5 Å². The molecule has 2 amide bonds. The molecule has 3 nitrogen and oxygen atoms in total. The Labute approximate surface area is 134 Å². The Morgan fingerprint density at radius 1 is 0.913 bits per heavy atom. The first-order chi connectivity index (χ1) is 11.2. The molecular weight excluding hydrogens is 286 g/mol. The van der Waals surface area contributed by atoms with Gasteiger partial charge in [-0.1, -0.05) is 55.5 Å². The second kappa shape index (κ2) is 4.10. The van der Waals surface area contributed by atoms with Crippen LogP contribution in [0.25, 0.3) is 0 Å². The van der Waals surface area contributed by atoms with Crippen LogP contribution in [-0.4, -0.2) is 11.8 Å². The molecule has 2 aromatic rings. The second-order valence-electron chi connectivity index (χ2n) is 6.83. The van der Waals surface area contributed by atoms with E-state index in [1.807, 2.05) is 24.3 Å². The van der Waals surface area contributed by atoms with E-state index < -0.39 is 0 Å². The topological polar surface area (TPSA) is 46.2 Å². The van der Waals surface area contributed by atoms with Crippen molar-refractivity contribution in [3.8, 4) is 0 Å². The molecule has 2 bridgehead atoms. The maximum absolute atomic E-state index is 12.7. The molecule has 2 atom stereocenters. The summed E-state index contributed by atoms with van der Waals surface area (Å²) in [4.78, 5) is 25.2. The summed E-state index contributed by atoms with van der Waals surface area (Å²) in [5.41, 5.74) is 4.52. The predicted molar refractivity (Wildman–Crippen MR) is 85.9 cm³/mol. The van der Waals surface area contributed by atoms with Crippen LogP contribution in [0.15, 0.2) is 48.5 Å². The van der Waals surface area contributed by atoms with Crippen molar-refractivity contribution in [1.82, 2.24) is 5.32 Å². The average molecular weight is 303 g/mol. The van der Waals surface area contributed by atoms with Crippen LogP contribution in [0.2, 0.25) is 0 Å². The zero-order chi connectivity index (χ0) is 15.8. The van der Waals surface area contributed by atoms with Gasteiger partial charge >= 0.3 is 0 Å². The molecule has 3 heteroatoms. The van der Waals surface area contributed by atoms with E-state index in [4.69, 9.17) is 0 Å². The van der Waals surface area contributed by atoms with Gasteiger partial charge in [-0.3, -0.25) is 14.9 Å². The van der Waals surface area contributed by atoms with Crippen molar-refractivity contribution in [3.05, 3.63) is 70.8 Å². The normalized spacial score (nSPS) is 33.0. The van der Waals surface area contributed by atoms with E-state index in [0.29, 0.717) is 0 Å². The van der Waals surface area contributed by atoms with Crippen molar-refractivity contribution in [1.29, 1.82) is 0 Å². The van der Waals surface area contributed by atoms with E-state index in [9.17, 15) is 9.59 Å². The first-order valence-electron chi connectivity index (χ1n) is 8.23. The van der Waals surface area contributed by atoms with Gasteiger partial charge in [0, 0.05) is 11.3 Å². The van der Waals surface area contributed by atoms with Crippen LogP contribution >= 0.6 is 0 Å². The summed E-state index contributed by atoms with van der Waals surface area (Å²) in [6.45, 7) is 2.13. The standard InChI is InChI=1S/C20H17NO2/c1-2-20-13-9-5-3-7-11(13)15(12-8-4-6-10-14(12)20)16-17(20)19(23)21-18(16)22/h3-10,15-17H,2H2,1H3,(H,21,22,23)/t15?,16-,17-,20?/m1/s1. The Bertz CT molecular complexity index is 822. The molecule has 23 heavy (non-hydrogen) atoms. The SMILES string of the molecule is CCC12c3ccccc3C(c3ccccc31)[C@H]1C(=O)NC(=O)[C@@H]12. The molecule has 6 rings (SSSR count). The van der Waals surface area contributed by atoms with Crippen LogP contribution in [0.5, 0.6) is 0 Å². The minimum atomic E-state index is -0.386. The van der Waals surface area contributed by atoms with E-state index in [1.54, 1.807) is 0 Å². The van der Waals surface area contributed by atoms with Crippen LogP contribution in [0.4, 0.5) is 0 Å². The van der Waals surface area contributed by atoms with Gasteiger partial charge in [-0.05, 0) is 28.7 Å². The van der Waals surface area contributed by atoms with E-state index in [-0.39, 0.29) is 35.0 Å². The molecule has 4 aliphatic rings. The molecule has 1 saturated heterocycles. The molecule has 0 unspecified atom stereocenters. The fourth-order valence-electron chi connectivity index (χ4n) is 5.46. The molecule has 0 spiro atoms. The van der Waals surface area contributed by atoms with Gasteiger partial charge in [0.05, 0.1) is 11.8 Å². The number of carbonyl (C=O) groups excluding carboxylic acids is 2. The lowest BCUT2D eigenvalue weighted by Gasteiger charge is -2.54. The molecular formula is C20H17NO2. The highest BCUT2D eigenvalue weighted by Crippen LogP contribution is 2.63. The van der Waals surface area contributed by atoms with Gasteiger partial charge in [0.15, 0.2) is 0 Å². The Balaban J connectivity index is 1.95. The lowest BCUT2D eigenvalue weighted by atomic mass is 9.46. The Morgan fingerprint density at radius 2 is 1.48 bits per heavy atom. The van der Waals surface area contributed by atoms with Gasteiger partial charge in [-0.25, -0.2) is 0 Å². The number of amides is 2. The molecule has 1 fully saturated rings. The number of hydrogen-bond acceptors (Lipinski definition) is 2. The molecule has 1 N–H and O–H groups in total. The number of rotatable bonds is 1. The lowest BCUT2D eigenvalue weighted by molar-refractivity contribution is -0.126. The third kappa shape index (κ3) is 1.29. The van der Waals surface area contributed by atoms with E-state index in [2.05, 4.69) is 36.5 Å². The zero-order valence-corrected chi connectivity index (χ0v) is 12.9. The monoisotopic (exact) mass is 303 g/mol. The van der Waals surface area contributed by atoms with E-state index in [0.717, 1.165) is 6.42 Å². The summed E-state index contributed by atoms with van der Waals surface area (Å²) in [7, 11) is 0. The van der Waals surface area contributed by atoms with Gasteiger partial charge in [-0.2, -0.15) is 0 Å². The minimum absolute atomic E-state index is 0.00715. The summed E-state index contributed by atoms with van der Waals surface area (Å²) in [6.07, 6.45) is 0.815. The number of imide groups is 1. The van der Waals surface area contributed by atoms with Crippen LogP contribution < -0.4 is 5.32 Å². The third-order valence-electron chi connectivity index (χ3n) is 6.19. The first-order valence-corrected chi connectivity index (χ1v) is 8.23. The number of benzene rings is 2. The largest absolute Gasteiger partial charge is 0.296 e. The smallest absolute Gasteiger partial charge is 0.231 e. The Kier molecular flexibility index (Phi) is 2.33. The molecule has 3 aliphatic carbocycles. The van der Waals surface area contributed by atoms with Crippen molar-refractivity contribution < 1.29 is 9.59 Å². The van der Waals surface area contributed by atoms with Crippen molar-refractivity contribution >= 4 is 11.8 Å². The molecule has 114 valence electrons. The van der Waals surface area contributed by atoms with Crippen LogP contribution in [0, 0.1) is 11.8 Å². The zero-order valence-electron chi connectivity index (χ0n) is 12.9. The maximum Gasteiger partial charge on any atom is 0.231 e. The summed E-state index contributed by atoms with van der Waals surface area (Å²) < 4.78 is 0. The lowest BCUT2D eigenvalue weighted by Crippen LogP contribution is -2.53. The fraction of sp³-hybridized carbons (Fsp3) is 0.300. The fourth-order valence-corrected chi connectivity index (χ4v) is 5.46. The van der Waals surface area contributed by atoms with Crippen LogP contribution in [0.3, 0.4) is 0 Å². The Hall–Kier alpha value is -2.42. The van der Waals surface area contributed by atoms with Gasteiger partial charge in [-0.15, -0.1) is 0 Å². The number of hydrogen-bond donors (Lipinski definition) is 1. The number of nitrogens with one attached hydrogen (secondary N) is 1. The van der Waals surface area contributed by atoms with Gasteiger partial charge < -0.3 is 0 Å². The van der Waals surface area contributed by atoms with Crippen molar-refractivity contribution in [3.63, 3.8) is 0 Å². The van der Waals surface area contributed by atoms with E-state index >= 15 is 0 Å². The quantitative estimate of drug-likeness (QED) is 0.823. The van der Waals surface area contributed by atoms with Crippen LogP contribution in [-0.2, 0) is 15.0 Å². The molecule has 1 heterocycles. The highest BCUT2D eigenvalue weighted by atomic mass is 16.2. The summed E-state index contributed by atoms with van der Waals surface area (Å²) in [6, 6.07) is 16.7.